The van der Waals surface area contributed by atoms with E-state index in [0.717, 1.165) is 51.6 Å². The number of hydrogen-bond acceptors (Lipinski definition) is 2. The van der Waals surface area contributed by atoms with Crippen LogP contribution in [0.3, 0.4) is 0 Å². The lowest BCUT2D eigenvalue weighted by atomic mass is 9.84. The van der Waals surface area contributed by atoms with Gasteiger partial charge in [-0.05, 0) is 62.3 Å². The highest BCUT2D eigenvalue weighted by molar-refractivity contribution is 5.91. The lowest BCUT2D eigenvalue weighted by Crippen LogP contribution is -2.50. The minimum absolute atomic E-state index is 0.134. The number of carbonyl (C=O) groups is 2. The number of nitrogens with zero attached hydrogens (tertiary/aromatic N) is 2. The normalized spacial score (nSPS) is 34.4. The SMILES string of the molecule is O=C([C@@H]1C[C@@H]2CCCC[C@@H]2N1C(=O)[C@H]1C[C@H]1Cc1ccccc1)N1CCCC1. The standard InChI is InChI=1S/C24H32N2O2/c27-23(20-15-19(20)14-17-8-2-1-3-9-17)26-21-11-5-4-10-18(21)16-22(26)24(28)25-12-6-7-13-25/h1-3,8-9,18-22H,4-7,10-16H2/t18-,19+,20-,21-,22-/m0/s1. The molecule has 5 atom stereocenters. The molecule has 2 aliphatic heterocycles. The number of rotatable bonds is 4. The van der Waals surface area contributed by atoms with Gasteiger partial charge in [0.05, 0.1) is 0 Å². The van der Waals surface area contributed by atoms with Crippen molar-refractivity contribution in [2.24, 2.45) is 17.8 Å². The van der Waals surface area contributed by atoms with Crippen LogP contribution in [0.4, 0.5) is 0 Å². The maximum absolute atomic E-state index is 13.5. The van der Waals surface area contributed by atoms with Crippen molar-refractivity contribution < 1.29 is 9.59 Å². The molecule has 4 nitrogen and oxygen atoms in total. The Morgan fingerprint density at radius 2 is 1.64 bits per heavy atom. The number of carbonyl (C=O) groups excluding carboxylic acids is 2. The van der Waals surface area contributed by atoms with Crippen molar-refractivity contribution in [2.45, 2.75) is 69.9 Å². The van der Waals surface area contributed by atoms with Crippen LogP contribution in [-0.2, 0) is 16.0 Å². The van der Waals surface area contributed by atoms with Gasteiger partial charge in [-0.25, -0.2) is 0 Å². The second kappa shape index (κ2) is 7.53. The Balaban J connectivity index is 1.31. The van der Waals surface area contributed by atoms with Crippen LogP contribution in [-0.4, -0.2) is 46.8 Å². The molecular formula is C24H32N2O2. The molecule has 0 bridgehead atoms. The maximum atomic E-state index is 13.5. The number of likely N-dealkylation sites (tertiary alicyclic amines) is 2. The van der Waals surface area contributed by atoms with Gasteiger partial charge >= 0.3 is 0 Å². The summed E-state index contributed by atoms with van der Waals surface area (Å²) in [4.78, 5) is 30.9. The second-order valence-corrected chi connectivity index (χ2v) is 9.43. The fraction of sp³-hybridized carbons (Fsp3) is 0.667. The topological polar surface area (TPSA) is 40.6 Å². The van der Waals surface area contributed by atoms with Crippen LogP contribution in [0.5, 0.6) is 0 Å². The van der Waals surface area contributed by atoms with Crippen LogP contribution in [0.25, 0.3) is 0 Å². The van der Waals surface area contributed by atoms with E-state index in [1.807, 2.05) is 11.0 Å². The van der Waals surface area contributed by atoms with E-state index in [1.54, 1.807) is 0 Å². The van der Waals surface area contributed by atoms with E-state index in [4.69, 9.17) is 0 Å². The second-order valence-electron chi connectivity index (χ2n) is 9.43. The largest absolute Gasteiger partial charge is 0.341 e. The molecule has 2 amide bonds. The first-order valence-corrected chi connectivity index (χ1v) is 11.4. The molecule has 2 saturated heterocycles. The van der Waals surface area contributed by atoms with Crippen LogP contribution in [0.15, 0.2) is 30.3 Å². The minimum Gasteiger partial charge on any atom is -0.341 e. The van der Waals surface area contributed by atoms with E-state index in [1.165, 1.54) is 24.8 Å². The van der Waals surface area contributed by atoms with Gasteiger partial charge in [0.15, 0.2) is 0 Å². The summed E-state index contributed by atoms with van der Waals surface area (Å²) < 4.78 is 0. The predicted octanol–water partition coefficient (Wildman–Crippen LogP) is 3.65. The quantitative estimate of drug-likeness (QED) is 0.800. The van der Waals surface area contributed by atoms with Gasteiger partial charge in [-0.3, -0.25) is 9.59 Å². The Hall–Kier alpha value is -1.84. The zero-order valence-electron chi connectivity index (χ0n) is 16.8. The fourth-order valence-electron chi connectivity index (χ4n) is 6.03. The number of benzene rings is 1. The van der Waals surface area contributed by atoms with Crippen LogP contribution in [0.1, 0.15) is 56.9 Å². The van der Waals surface area contributed by atoms with Crippen molar-refractivity contribution in [1.29, 1.82) is 0 Å². The number of hydrogen-bond donors (Lipinski definition) is 0. The van der Waals surface area contributed by atoms with Crippen LogP contribution < -0.4 is 0 Å². The molecule has 4 fully saturated rings. The number of amides is 2. The van der Waals surface area contributed by atoms with Crippen molar-refractivity contribution >= 4 is 11.8 Å². The zero-order valence-corrected chi connectivity index (χ0v) is 16.8. The molecular weight excluding hydrogens is 348 g/mol. The van der Waals surface area contributed by atoms with Gasteiger partial charge in [-0.2, -0.15) is 0 Å². The van der Waals surface area contributed by atoms with E-state index < -0.39 is 0 Å². The summed E-state index contributed by atoms with van der Waals surface area (Å²) in [5, 5.41) is 0. The van der Waals surface area contributed by atoms with Gasteiger partial charge in [0.2, 0.25) is 11.8 Å². The van der Waals surface area contributed by atoms with Gasteiger partial charge in [0.1, 0.15) is 6.04 Å². The van der Waals surface area contributed by atoms with E-state index in [0.29, 0.717) is 17.9 Å². The van der Waals surface area contributed by atoms with Gasteiger partial charge in [0, 0.05) is 25.0 Å². The summed E-state index contributed by atoms with van der Waals surface area (Å²) in [7, 11) is 0. The Kier molecular flexibility index (Phi) is 4.90. The third-order valence-corrected chi connectivity index (χ3v) is 7.63. The van der Waals surface area contributed by atoms with Gasteiger partial charge < -0.3 is 9.80 Å². The first kappa shape index (κ1) is 18.2. The molecule has 0 N–H and O–H groups in total. The van der Waals surface area contributed by atoms with Crippen molar-refractivity contribution in [2.75, 3.05) is 13.1 Å². The molecule has 0 radical (unpaired) electrons. The van der Waals surface area contributed by atoms with Gasteiger partial charge in [-0.15, -0.1) is 0 Å². The number of fused-ring (bicyclic) bond motifs is 1. The summed E-state index contributed by atoms with van der Waals surface area (Å²) >= 11 is 0. The van der Waals surface area contributed by atoms with Crippen LogP contribution in [0.2, 0.25) is 0 Å². The Labute approximate surface area is 168 Å². The Morgan fingerprint density at radius 1 is 0.893 bits per heavy atom. The molecule has 28 heavy (non-hydrogen) atoms. The molecule has 1 aromatic rings. The van der Waals surface area contributed by atoms with Crippen molar-refractivity contribution in [3.8, 4) is 0 Å². The highest BCUT2D eigenvalue weighted by Gasteiger charge is 2.53. The summed E-state index contributed by atoms with van der Waals surface area (Å²) in [5.41, 5.74) is 1.32. The third-order valence-electron chi connectivity index (χ3n) is 7.63. The predicted molar refractivity (Wildman–Crippen MR) is 109 cm³/mol. The molecule has 1 aromatic carbocycles. The molecule has 0 aromatic heterocycles. The molecule has 4 heteroatoms. The summed E-state index contributed by atoms with van der Waals surface area (Å²) in [6, 6.07) is 10.6. The molecule has 5 rings (SSSR count). The lowest BCUT2D eigenvalue weighted by molar-refractivity contribution is -0.146. The van der Waals surface area contributed by atoms with Crippen LogP contribution in [0, 0.1) is 17.8 Å². The molecule has 2 saturated carbocycles. The average molecular weight is 381 g/mol. The molecule has 2 aliphatic carbocycles. The Bertz CT molecular complexity index is 727. The first-order valence-electron chi connectivity index (χ1n) is 11.4. The maximum Gasteiger partial charge on any atom is 0.245 e. The Morgan fingerprint density at radius 3 is 2.43 bits per heavy atom. The summed E-state index contributed by atoms with van der Waals surface area (Å²) in [6.07, 6.45) is 9.86. The van der Waals surface area contributed by atoms with Crippen LogP contribution >= 0.6 is 0 Å². The molecule has 0 spiro atoms. The van der Waals surface area contributed by atoms with Gasteiger partial charge in [-0.1, -0.05) is 43.2 Å². The molecule has 4 aliphatic rings. The van der Waals surface area contributed by atoms with E-state index in [2.05, 4.69) is 29.2 Å². The first-order chi connectivity index (χ1) is 13.7. The zero-order chi connectivity index (χ0) is 19.1. The van der Waals surface area contributed by atoms with Crippen molar-refractivity contribution in [1.82, 2.24) is 9.80 Å². The van der Waals surface area contributed by atoms with Crippen molar-refractivity contribution in [3.05, 3.63) is 35.9 Å². The fourth-order valence-corrected chi connectivity index (χ4v) is 6.03. The van der Waals surface area contributed by atoms with E-state index in [-0.39, 0.29) is 23.8 Å². The molecule has 2 heterocycles. The highest BCUT2D eigenvalue weighted by atomic mass is 16.2. The molecule has 0 unspecified atom stereocenters. The van der Waals surface area contributed by atoms with Gasteiger partial charge in [0.25, 0.3) is 0 Å². The summed E-state index contributed by atoms with van der Waals surface area (Å²) in [6.45, 7) is 1.76. The van der Waals surface area contributed by atoms with E-state index in [9.17, 15) is 9.59 Å². The molecule has 150 valence electrons. The monoisotopic (exact) mass is 380 g/mol. The summed E-state index contributed by atoms with van der Waals surface area (Å²) in [5.74, 6) is 1.66. The highest BCUT2D eigenvalue weighted by Crippen LogP contribution is 2.47. The third kappa shape index (κ3) is 3.35. The minimum atomic E-state index is -0.184. The lowest BCUT2D eigenvalue weighted by Gasteiger charge is -2.35. The average Bonchev–Trinajstić information content (AvgIpc) is 3.14. The van der Waals surface area contributed by atoms with E-state index >= 15 is 0 Å². The smallest absolute Gasteiger partial charge is 0.245 e. The van der Waals surface area contributed by atoms with Crippen molar-refractivity contribution in [3.63, 3.8) is 0 Å².